The molecule has 4 nitrogen and oxygen atoms in total. The first-order valence-corrected chi connectivity index (χ1v) is 6.39. The quantitative estimate of drug-likeness (QED) is 0.720. The molecule has 0 aromatic carbocycles. The molecule has 0 spiro atoms. The van der Waals surface area contributed by atoms with Crippen LogP contribution in [0.15, 0.2) is 0 Å². The number of ether oxygens (including phenoxy) is 1. The summed E-state index contributed by atoms with van der Waals surface area (Å²) in [4.78, 5) is 5.05. The molecule has 94 valence electrons. The van der Waals surface area contributed by atoms with Crippen LogP contribution in [0.1, 0.15) is 12.8 Å². The molecule has 2 aliphatic heterocycles. The van der Waals surface area contributed by atoms with E-state index in [0.717, 1.165) is 19.7 Å². The Kier molecular flexibility index (Phi) is 4.58. The molecule has 0 amide bonds. The van der Waals surface area contributed by atoms with Crippen molar-refractivity contribution in [2.24, 2.45) is 5.92 Å². The summed E-state index contributed by atoms with van der Waals surface area (Å²) in [6.07, 6.45) is 2.45. The van der Waals surface area contributed by atoms with E-state index in [1.165, 1.54) is 32.5 Å². The Labute approximate surface area is 98.2 Å². The molecule has 2 heterocycles. The Morgan fingerprint density at radius 2 is 2.12 bits per heavy atom. The van der Waals surface area contributed by atoms with Crippen molar-refractivity contribution >= 4 is 0 Å². The van der Waals surface area contributed by atoms with E-state index in [4.69, 9.17) is 9.84 Å². The minimum absolute atomic E-state index is 0.358. The molecule has 2 atom stereocenters. The summed E-state index contributed by atoms with van der Waals surface area (Å²) in [5, 5.41) is 9.14. The molecule has 2 aliphatic rings. The van der Waals surface area contributed by atoms with Gasteiger partial charge in [0.15, 0.2) is 0 Å². The molecule has 0 aromatic rings. The molecule has 0 saturated carbocycles. The zero-order valence-corrected chi connectivity index (χ0v) is 10.3. The van der Waals surface area contributed by atoms with E-state index in [-0.39, 0.29) is 0 Å². The maximum Gasteiger partial charge on any atom is 0.0589 e. The first-order valence-electron chi connectivity index (χ1n) is 6.39. The number of aliphatic hydroxyl groups is 1. The fourth-order valence-electron chi connectivity index (χ4n) is 2.88. The summed E-state index contributed by atoms with van der Waals surface area (Å²) < 4.78 is 5.11. The number of hydrogen-bond donors (Lipinski definition) is 1. The first-order chi connectivity index (χ1) is 7.83. The summed E-state index contributed by atoms with van der Waals surface area (Å²) >= 11 is 0. The molecule has 2 saturated heterocycles. The van der Waals surface area contributed by atoms with Gasteiger partial charge in [-0.15, -0.1) is 0 Å². The van der Waals surface area contributed by atoms with Crippen LogP contribution in [0, 0.1) is 5.92 Å². The summed E-state index contributed by atoms with van der Waals surface area (Å²) in [5.74, 6) is 0.521. The molecular formula is C12H24N2O2. The standard InChI is InChI=1S/C12H24N2O2/c1-16-7-6-13-4-3-12(9-13)14-5-2-11(8-14)10-15/h11-12,15H,2-10H2,1H3. The van der Waals surface area contributed by atoms with Gasteiger partial charge in [0.05, 0.1) is 6.61 Å². The summed E-state index contributed by atoms with van der Waals surface area (Å²) in [6, 6.07) is 0.716. The first kappa shape index (κ1) is 12.3. The summed E-state index contributed by atoms with van der Waals surface area (Å²) in [7, 11) is 1.76. The minimum Gasteiger partial charge on any atom is -0.396 e. The topological polar surface area (TPSA) is 35.9 Å². The molecule has 0 bridgehead atoms. The molecule has 2 fully saturated rings. The van der Waals surface area contributed by atoms with Gasteiger partial charge in [0.1, 0.15) is 0 Å². The van der Waals surface area contributed by atoms with E-state index in [0.29, 0.717) is 18.6 Å². The summed E-state index contributed by atoms with van der Waals surface area (Å²) in [6.45, 7) is 6.91. The fraction of sp³-hybridized carbons (Fsp3) is 1.00. The highest BCUT2D eigenvalue weighted by Crippen LogP contribution is 2.23. The predicted molar refractivity (Wildman–Crippen MR) is 63.5 cm³/mol. The van der Waals surface area contributed by atoms with Crippen LogP contribution in [-0.2, 0) is 4.74 Å². The van der Waals surface area contributed by atoms with Crippen molar-refractivity contribution in [1.82, 2.24) is 9.80 Å². The average molecular weight is 228 g/mol. The third kappa shape index (κ3) is 2.94. The third-order valence-corrected chi connectivity index (χ3v) is 3.95. The average Bonchev–Trinajstić information content (AvgIpc) is 2.94. The number of aliphatic hydroxyl groups excluding tert-OH is 1. The zero-order valence-electron chi connectivity index (χ0n) is 10.3. The maximum atomic E-state index is 9.14. The normalized spacial score (nSPS) is 32.6. The largest absolute Gasteiger partial charge is 0.396 e. The Bertz CT molecular complexity index is 213. The fourth-order valence-corrected chi connectivity index (χ4v) is 2.88. The predicted octanol–water partition coefficient (Wildman–Crippen LogP) is 0.0213. The van der Waals surface area contributed by atoms with Gasteiger partial charge in [-0.05, 0) is 31.8 Å². The van der Waals surface area contributed by atoms with Gasteiger partial charge >= 0.3 is 0 Å². The van der Waals surface area contributed by atoms with E-state index < -0.39 is 0 Å². The second-order valence-corrected chi connectivity index (χ2v) is 5.07. The van der Waals surface area contributed by atoms with Crippen molar-refractivity contribution in [2.75, 3.05) is 53.0 Å². The molecule has 0 aliphatic carbocycles. The molecular weight excluding hydrogens is 204 g/mol. The van der Waals surface area contributed by atoms with E-state index in [1.807, 2.05) is 0 Å². The van der Waals surface area contributed by atoms with Crippen LogP contribution < -0.4 is 0 Å². The zero-order chi connectivity index (χ0) is 11.4. The van der Waals surface area contributed by atoms with Gasteiger partial charge in [-0.3, -0.25) is 9.80 Å². The number of rotatable bonds is 5. The van der Waals surface area contributed by atoms with E-state index in [9.17, 15) is 0 Å². The Hall–Kier alpha value is -0.160. The number of methoxy groups -OCH3 is 1. The van der Waals surface area contributed by atoms with E-state index in [2.05, 4.69) is 9.80 Å². The lowest BCUT2D eigenvalue weighted by molar-refractivity contribution is 0.152. The monoisotopic (exact) mass is 228 g/mol. The third-order valence-electron chi connectivity index (χ3n) is 3.95. The Balaban J connectivity index is 1.72. The lowest BCUT2D eigenvalue weighted by atomic mass is 10.1. The van der Waals surface area contributed by atoms with Crippen LogP contribution in [0.4, 0.5) is 0 Å². The van der Waals surface area contributed by atoms with Crippen molar-refractivity contribution in [1.29, 1.82) is 0 Å². The van der Waals surface area contributed by atoms with Gasteiger partial charge in [-0.2, -0.15) is 0 Å². The smallest absolute Gasteiger partial charge is 0.0589 e. The van der Waals surface area contributed by atoms with Crippen LogP contribution >= 0.6 is 0 Å². The van der Waals surface area contributed by atoms with Crippen molar-refractivity contribution < 1.29 is 9.84 Å². The highest BCUT2D eigenvalue weighted by Gasteiger charge is 2.32. The van der Waals surface area contributed by atoms with Crippen LogP contribution in [0.5, 0.6) is 0 Å². The molecule has 0 aromatic heterocycles. The highest BCUT2D eigenvalue weighted by molar-refractivity contribution is 4.87. The van der Waals surface area contributed by atoms with Gasteiger partial charge in [-0.1, -0.05) is 0 Å². The Morgan fingerprint density at radius 1 is 1.25 bits per heavy atom. The van der Waals surface area contributed by atoms with Crippen LogP contribution in [0.2, 0.25) is 0 Å². The molecule has 4 heteroatoms. The van der Waals surface area contributed by atoms with Crippen LogP contribution in [0.3, 0.4) is 0 Å². The highest BCUT2D eigenvalue weighted by atomic mass is 16.5. The van der Waals surface area contributed by atoms with Crippen LogP contribution in [-0.4, -0.2) is 74.0 Å². The summed E-state index contributed by atoms with van der Waals surface area (Å²) in [5.41, 5.74) is 0. The van der Waals surface area contributed by atoms with Gasteiger partial charge in [0.2, 0.25) is 0 Å². The second kappa shape index (κ2) is 5.96. The van der Waals surface area contributed by atoms with Gasteiger partial charge in [-0.25, -0.2) is 0 Å². The molecule has 2 unspecified atom stereocenters. The van der Waals surface area contributed by atoms with E-state index in [1.54, 1.807) is 7.11 Å². The van der Waals surface area contributed by atoms with Gasteiger partial charge < -0.3 is 9.84 Å². The lowest BCUT2D eigenvalue weighted by Crippen LogP contribution is -2.36. The van der Waals surface area contributed by atoms with Gasteiger partial charge in [0, 0.05) is 39.4 Å². The van der Waals surface area contributed by atoms with E-state index >= 15 is 0 Å². The van der Waals surface area contributed by atoms with Crippen LogP contribution in [0.25, 0.3) is 0 Å². The molecule has 16 heavy (non-hydrogen) atoms. The van der Waals surface area contributed by atoms with Crippen molar-refractivity contribution in [3.05, 3.63) is 0 Å². The molecule has 1 N–H and O–H groups in total. The number of hydrogen-bond acceptors (Lipinski definition) is 4. The maximum absolute atomic E-state index is 9.14. The van der Waals surface area contributed by atoms with Crippen molar-refractivity contribution in [3.8, 4) is 0 Å². The number of likely N-dealkylation sites (tertiary alicyclic amines) is 2. The minimum atomic E-state index is 0.358. The molecule has 2 rings (SSSR count). The molecule has 0 radical (unpaired) electrons. The second-order valence-electron chi connectivity index (χ2n) is 5.07. The number of nitrogens with zero attached hydrogens (tertiary/aromatic N) is 2. The Morgan fingerprint density at radius 3 is 2.81 bits per heavy atom. The van der Waals surface area contributed by atoms with Crippen molar-refractivity contribution in [3.63, 3.8) is 0 Å². The SMILES string of the molecule is COCCN1CCC(N2CCC(CO)C2)C1. The van der Waals surface area contributed by atoms with Gasteiger partial charge in [0.25, 0.3) is 0 Å². The lowest BCUT2D eigenvalue weighted by Gasteiger charge is -2.24. The van der Waals surface area contributed by atoms with Crippen molar-refractivity contribution in [2.45, 2.75) is 18.9 Å².